The quantitative estimate of drug-likeness (QED) is 0.288. The van der Waals surface area contributed by atoms with E-state index in [-0.39, 0.29) is 5.91 Å². The van der Waals surface area contributed by atoms with Crippen LogP contribution >= 0.6 is 27.5 Å². The zero-order valence-corrected chi connectivity index (χ0v) is 14.7. The molecule has 0 bridgehead atoms. The summed E-state index contributed by atoms with van der Waals surface area (Å²) in [6.07, 6.45) is 0.780. The van der Waals surface area contributed by atoms with Crippen LogP contribution in [0, 0.1) is 0 Å². The summed E-state index contributed by atoms with van der Waals surface area (Å²) in [6.45, 7) is 1.23. The maximum Gasteiger partial charge on any atom is 0.267 e. The van der Waals surface area contributed by atoms with Gasteiger partial charge in [-0.05, 0) is 48.9 Å². The minimum atomic E-state index is -0.388. The molecule has 0 unspecified atom stereocenters. The average Bonchev–Trinajstić information content (AvgIpc) is 2.56. The van der Waals surface area contributed by atoms with Crippen LogP contribution in [0.3, 0.4) is 0 Å². The van der Waals surface area contributed by atoms with Crippen molar-refractivity contribution in [3.05, 3.63) is 57.5 Å². The summed E-state index contributed by atoms with van der Waals surface area (Å²) in [5, 5.41) is 3.67. The Morgan fingerprint density at radius 1 is 1.22 bits per heavy atom. The van der Waals surface area contributed by atoms with Crippen molar-refractivity contribution in [3.8, 4) is 5.75 Å². The zero-order valence-electron chi connectivity index (χ0n) is 12.3. The van der Waals surface area contributed by atoms with Gasteiger partial charge in [0.2, 0.25) is 0 Å². The molecule has 0 saturated heterocycles. The predicted octanol–water partition coefficient (Wildman–Crippen LogP) is 3.59. The molecule has 0 spiro atoms. The van der Waals surface area contributed by atoms with Crippen molar-refractivity contribution < 1.29 is 9.53 Å². The first-order valence-corrected chi connectivity index (χ1v) is 8.20. The van der Waals surface area contributed by atoms with Crippen molar-refractivity contribution in [2.24, 2.45) is 5.84 Å². The topological polar surface area (TPSA) is 76.4 Å². The molecule has 1 amide bonds. The van der Waals surface area contributed by atoms with E-state index in [1.54, 1.807) is 18.2 Å². The van der Waals surface area contributed by atoms with Crippen LogP contribution in [0.25, 0.3) is 0 Å². The van der Waals surface area contributed by atoms with E-state index >= 15 is 0 Å². The van der Waals surface area contributed by atoms with Gasteiger partial charge in [-0.2, -0.15) is 0 Å². The molecule has 0 aliphatic rings. The highest BCUT2D eigenvalue weighted by atomic mass is 79.9. The second kappa shape index (κ2) is 8.76. The fourth-order valence-corrected chi connectivity index (χ4v) is 2.39. The number of halogens is 2. The summed E-state index contributed by atoms with van der Waals surface area (Å²) < 4.78 is 6.65. The Hall–Kier alpha value is -1.76. The van der Waals surface area contributed by atoms with Gasteiger partial charge in [0, 0.05) is 21.7 Å². The predicted molar refractivity (Wildman–Crippen MR) is 95.8 cm³/mol. The monoisotopic (exact) mass is 397 g/mol. The summed E-state index contributed by atoms with van der Waals surface area (Å²) in [4.78, 5) is 11.7. The van der Waals surface area contributed by atoms with Gasteiger partial charge in [-0.15, -0.1) is 0 Å². The third-order valence-electron chi connectivity index (χ3n) is 3.08. The summed E-state index contributed by atoms with van der Waals surface area (Å²) in [7, 11) is 0. The molecule has 0 aliphatic carbocycles. The van der Waals surface area contributed by atoms with Crippen LogP contribution in [0.15, 0.2) is 46.9 Å². The number of benzene rings is 2. The molecule has 2 aromatic carbocycles. The van der Waals surface area contributed by atoms with Crippen molar-refractivity contribution in [1.29, 1.82) is 0 Å². The zero-order chi connectivity index (χ0) is 16.7. The molecule has 0 heterocycles. The molecule has 122 valence electrons. The van der Waals surface area contributed by atoms with E-state index in [9.17, 15) is 4.79 Å². The fraction of sp³-hybridized carbons (Fsp3) is 0.188. The molecule has 0 radical (unpaired) electrons. The Labute approximate surface area is 148 Å². The van der Waals surface area contributed by atoms with Gasteiger partial charge in [0.05, 0.1) is 12.2 Å². The molecule has 0 aromatic heterocycles. The number of carbonyl (C=O) groups is 1. The molecular weight excluding hydrogens is 382 g/mol. The van der Waals surface area contributed by atoms with Crippen molar-refractivity contribution in [2.45, 2.75) is 6.42 Å². The maximum atomic E-state index is 11.7. The molecule has 0 fully saturated rings. The summed E-state index contributed by atoms with van der Waals surface area (Å²) >= 11 is 9.29. The molecule has 0 atom stereocenters. The largest absolute Gasteiger partial charge is 0.494 e. The van der Waals surface area contributed by atoms with Crippen LogP contribution in [-0.2, 0) is 0 Å². The van der Waals surface area contributed by atoms with Crippen molar-refractivity contribution in [3.63, 3.8) is 0 Å². The van der Waals surface area contributed by atoms with Crippen LogP contribution in [0.5, 0.6) is 5.75 Å². The molecule has 2 rings (SSSR count). The fourth-order valence-electron chi connectivity index (χ4n) is 1.95. The van der Waals surface area contributed by atoms with Gasteiger partial charge in [-0.25, -0.2) is 5.84 Å². The molecule has 0 saturated carbocycles. The molecule has 4 N–H and O–H groups in total. The number of nitrogen functional groups attached to an aromatic ring is 1. The van der Waals surface area contributed by atoms with Gasteiger partial charge < -0.3 is 10.1 Å². The third-order valence-corrected chi connectivity index (χ3v) is 3.84. The van der Waals surface area contributed by atoms with Crippen LogP contribution in [0.1, 0.15) is 16.8 Å². The van der Waals surface area contributed by atoms with Gasteiger partial charge in [0.1, 0.15) is 5.75 Å². The molecule has 5 nitrogen and oxygen atoms in total. The Bertz CT molecular complexity index is 665. The minimum absolute atomic E-state index is 0.388. The average molecular weight is 399 g/mol. The highest BCUT2D eigenvalue weighted by Crippen LogP contribution is 2.21. The second-order valence-electron chi connectivity index (χ2n) is 4.75. The van der Waals surface area contributed by atoms with E-state index in [1.807, 2.05) is 24.3 Å². The normalized spacial score (nSPS) is 10.2. The maximum absolute atomic E-state index is 11.7. The molecule has 0 aliphatic heterocycles. The van der Waals surface area contributed by atoms with E-state index < -0.39 is 0 Å². The number of ether oxygens (including phenoxy) is 1. The molecular formula is C16H17BrClN3O2. The summed E-state index contributed by atoms with van der Waals surface area (Å²) in [6, 6.07) is 12.7. The van der Waals surface area contributed by atoms with Crippen molar-refractivity contribution in [1.82, 2.24) is 5.43 Å². The summed E-state index contributed by atoms with van der Waals surface area (Å²) in [5.74, 6) is 5.61. The first kappa shape index (κ1) is 17.6. The van der Waals surface area contributed by atoms with E-state index in [0.29, 0.717) is 29.4 Å². The summed E-state index contributed by atoms with van der Waals surface area (Å²) in [5.41, 5.74) is 3.20. The minimum Gasteiger partial charge on any atom is -0.494 e. The van der Waals surface area contributed by atoms with Gasteiger partial charge in [-0.1, -0.05) is 27.5 Å². The lowest BCUT2D eigenvalue weighted by molar-refractivity contribution is 0.0954. The van der Waals surface area contributed by atoms with Gasteiger partial charge in [0.15, 0.2) is 0 Å². The van der Waals surface area contributed by atoms with Crippen LogP contribution in [-0.4, -0.2) is 19.1 Å². The van der Waals surface area contributed by atoms with E-state index in [2.05, 4.69) is 26.7 Å². The molecule has 7 heteroatoms. The van der Waals surface area contributed by atoms with Gasteiger partial charge in [-0.3, -0.25) is 10.2 Å². The Kier molecular flexibility index (Phi) is 6.70. The first-order chi connectivity index (χ1) is 11.1. The highest BCUT2D eigenvalue weighted by molar-refractivity contribution is 9.10. The number of hydrogen-bond acceptors (Lipinski definition) is 4. The number of amides is 1. The smallest absolute Gasteiger partial charge is 0.267 e. The first-order valence-electron chi connectivity index (χ1n) is 7.03. The van der Waals surface area contributed by atoms with Crippen LogP contribution in [0.2, 0.25) is 5.02 Å². The Morgan fingerprint density at radius 2 is 1.96 bits per heavy atom. The van der Waals surface area contributed by atoms with Crippen LogP contribution in [0.4, 0.5) is 5.69 Å². The second-order valence-corrected chi connectivity index (χ2v) is 6.10. The number of nitrogens with two attached hydrogens (primary N) is 1. The van der Waals surface area contributed by atoms with Gasteiger partial charge >= 0.3 is 0 Å². The Morgan fingerprint density at radius 3 is 2.65 bits per heavy atom. The van der Waals surface area contributed by atoms with E-state index in [1.165, 1.54) is 0 Å². The van der Waals surface area contributed by atoms with Crippen molar-refractivity contribution in [2.75, 3.05) is 18.5 Å². The Balaban J connectivity index is 1.82. The lowest BCUT2D eigenvalue weighted by Gasteiger charge is -2.12. The van der Waals surface area contributed by atoms with E-state index in [4.69, 9.17) is 22.2 Å². The standard InChI is InChI=1S/C16H17BrClN3O2/c17-11-2-5-13(6-3-11)23-9-1-8-20-15-7-4-12(18)10-14(15)16(22)21-19/h2-7,10,20H,1,8-9,19H2,(H,21,22). The number of hydrogen-bond donors (Lipinski definition) is 3. The van der Waals surface area contributed by atoms with Gasteiger partial charge in [0.25, 0.3) is 5.91 Å². The lowest BCUT2D eigenvalue weighted by Crippen LogP contribution is -2.30. The lowest BCUT2D eigenvalue weighted by atomic mass is 10.1. The molecule has 23 heavy (non-hydrogen) atoms. The molecule has 2 aromatic rings. The number of hydrazine groups is 1. The number of carbonyl (C=O) groups excluding carboxylic acids is 1. The number of rotatable bonds is 7. The third kappa shape index (κ3) is 5.42. The van der Waals surface area contributed by atoms with Crippen LogP contribution < -0.4 is 21.3 Å². The number of nitrogens with one attached hydrogen (secondary N) is 2. The van der Waals surface area contributed by atoms with E-state index in [0.717, 1.165) is 16.6 Å². The van der Waals surface area contributed by atoms with Crippen molar-refractivity contribution >= 4 is 39.1 Å². The SMILES string of the molecule is NNC(=O)c1cc(Cl)ccc1NCCCOc1ccc(Br)cc1. The number of anilines is 1. The highest BCUT2D eigenvalue weighted by Gasteiger charge is 2.10.